The normalized spacial score (nSPS) is 12.1. The molecule has 8 nitrogen and oxygen atoms in total. The van der Waals surface area contributed by atoms with E-state index in [1.807, 2.05) is 56.3 Å². The number of anilines is 1. The van der Waals surface area contributed by atoms with Gasteiger partial charge >= 0.3 is 5.56 Å². The second kappa shape index (κ2) is 7.67. The maximum Gasteiger partial charge on any atom is 0.301 e. The summed E-state index contributed by atoms with van der Waals surface area (Å²) in [6, 6.07) is 13.3. The van der Waals surface area contributed by atoms with Gasteiger partial charge < -0.3 is 9.88 Å². The monoisotopic (exact) mass is 388 g/mol. The Hall–Kier alpha value is -3.81. The molecule has 3 heterocycles. The molecule has 0 saturated carbocycles. The van der Waals surface area contributed by atoms with Crippen LogP contribution < -0.4 is 16.4 Å². The van der Waals surface area contributed by atoms with E-state index in [4.69, 9.17) is 0 Å². The van der Waals surface area contributed by atoms with Gasteiger partial charge in [-0.2, -0.15) is 4.98 Å². The minimum Gasteiger partial charge on any atom is -0.349 e. The molecule has 2 N–H and O–H groups in total. The van der Waals surface area contributed by atoms with E-state index in [1.54, 1.807) is 10.8 Å². The lowest BCUT2D eigenvalue weighted by molar-refractivity contribution is 0.786. The zero-order valence-corrected chi connectivity index (χ0v) is 16.1. The molecule has 0 bridgehead atoms. The van der Waals surface area contributed by atoms with E-state index in [0.29, 0.717) is 6.54 Å². The highest BCUT2D eigenvalue weighted by Gasteiger charge is 2.14. The number of aromatic nitrogens is 5. The number of rotatable bonds is 5. The van der Waals surface area contributed by atoms with E-state index in [0.717, 1.165) is 16.8 Å². The predicted octanol–water partition coefficient (Wildman–Crippen LogP) is 2.40. The second-order valence-electron chi connectivity index (χ2n) is 6.83. The molecule has 0 aliphatic carbocycles. The quantitative estimate of drug-likeness (QED) is 0.544. The van der Waals surface area contributed by atoms with Crippen molar-refractivity contribution in [2.24, 2.45) is 0 Å². The molecule has 8 heteroatoms. The highest BCUT2D eigenvalue weighted by molar-refractivity contribution is 5.73. The van der Waals surface area contributed by atoms with Crippen molar-refractivity contribution in [3.8, 4) is 0 Å². The largest absolute Gasteiger partial charge is 0.349 e. The van der Waals surface area contributed by atoms with E-state index in [-0.39, 0.29) is 23.0 Å². The maximum absolute atomic E-state index is 12.9. The first-order valence-electron chi connectivity index (χ1n) is 9.24. The topological polar surface area (TPSA) is 106 Å². The Bertz CT molecular complexity index is 1280. The number of pyridine rings is 1. The molecule has 1 aromatic carbocycles. The van der Waals surface area contributed by atoms with Gasteiger partial charge in [-0.3, -0.25) is 19.6 Å². The van der Waals surface area contributed by atoms with E-state index in [1.165, 1.54) is 6.33 Å². The lowest BCUT2D eigenvalue weighted by atomic mass is 10.1. The molecule has 0 aliphatic heterocycles. The maximum atomic E-state index is 12.9. The van der Waals surface area contributed by atoms with Crippen molar-refractivity contribution in [2.45, 2.75) is 26.4 Å². The molecule has 3 aromatic heterocycles. The Balaban J connectivity index is 1.75. The summed E-state index contributed by atoms with van der Waals surface area (Å²) in [6.07, 6.45) is 3.16. The van der Waals surface area contributed by atoms with Crippen LogP contribution in [0, 0.1) is 6.92 Å². The number of nitrogens with zero attached hydrogens (tertiary/aromatic N) is 4. The van der Waals surface area contributed by atoms with Crippen LogP contribution in [0.2, 0.25) is 0 Å². The molecular formula is C21H20N6O2. The number of fused-ring (bicyclic) bond motifs is 1. The standard InChI is InChI=1S/C21H20N6O2/c1-13-7-6-10-22-16(13)11-27-12-23-17-18(27)20(29)26-21(25-19(17)28)24-14(2)15-8-4-3-5-9-15/h3-10,12,14H,11H2,1-2H3,(H2,24,25,26,28,29)/t14-/m1/s1. The number of hydrogen-bond donors (Lipinski definition) is 2. The lowest BCUT2D eigenvalue weighted by Crippen LogP contribution is -2.14. The minimum atomic E-state index is -0.572. The predicted molar refractivity (Wildman–Crippen MR) is 111 cm³/mol. The highest BCUT2D eigenvalue weighted by Crippen LogP contribution is 2.15. The molecule has 146 valence electrons. The summed E-state index contributed by atoms with van der Waals surface area (Å²) in [4.78, 5) is 40.7. The van der Waals surface area contributed by atoms with Gasteiger partial charge in [0.05, 0.1) is 24.6 Å². The van der Waals surface area contributed by atoms with Gasteiger partial charge in [-0.1, -0.05) is 36.4 Å². The molecule has 0 radical (unpaired) electrons. The summed E-state index contributed by atoms with van der Waals surface area (Å²) in [5.41, 5.74) is 1.99. The highest BCUT2D eigenvalue weighted by atomic mass is 16.1. The molecular weight excluding hydrogens is 368 g/mol. The molecule has 0 spiro atoms. The second-order valence-corrected chi connectivity index (χ2v) is 6.83. The number of aryl methyl sites for hydroxylation is 1. The van der Waals surface area contributed by atoms with Crippen LogP contribution in [0.25, 0.3) is 11.0 Å². The average molecular weight is 388 g/mol. The third-order valence-corrected chi connectivity index (χ3v) is 4.79. The first kappa shape index (κ1) is 18.5. The zero-order chi connectivity index (χ0) is 20.4. The Morgan fingerprint density at radius 2 is 1.90 bits per heavy atom. The summed E-state index contributed by atoms with van der Waals surface area (Å²) in [7, 11) is 0. The summed E-state index contributed by atoms with van der Waals surface area (Å²) in [5.74, 6) is 0.106. The number of hydrogen-bond acceptors (Lipinski definition) is 6. The van der Waals surface area contributed by atoms with Crippen LogP contribution in [0.1, 0.15) is 29.8 Å². The van der Waals surface area contributed by atoms with Crippen LogP contribution >= 0.6 is 0 Å². The van der Waals surface area contributed by atoms with Crippen LogP contribution in [0.5, 0.6) is 0 Å². The number of aromatic amines is 1. The van der Waals surface area contributed by atoms with Gasteiger partial charge in [0, 0.05) is 6.20 Å². The molecule has 4 rings (SSSR count). The molecule has 0 amide bonds. The van der Waals surface area contributed by atoms with Gasteiger partial charge in [0.1, 0.15) is 5.52 Å². The van der Waals surface area contributed by atoms with Gasteiger partial charge in [0.25, 0.3) is 5.56 Å². The van der Waals surface area contributed by atoms with E-state index in [2.05, 4.69) is 25.3 Å². The lowest BCUT2D eigenvalue weighted by Gasteiger charge is -2.13. The van der Waals surface area contributed by atoms with E-state index >= 15 is 0 Å². The molecule has 0 fully saturated rings. The summed E-state index contributed by atoms with van der Waals surface area (Å²) < 4.78 is 1.62. The number of benzene rings is 1. The van der Waals surface area contributed by atoms with Crippen molar-refractivity contribution in [1.82, 2.24) is 24.5 Å². The Morgan fingerprint density at radius 3 is 2.66 bits per heavy atom. The smallest absolute Gasteiger partial charge is 0.301 e. The SMILES string of the molecule is Cc1cccnc1Cn1cnc2c(=O)nc(N[C@H](C)c3ccccc3)[nH]c(=O)c21. The van der Waals surface area contributed by atoms with Crippen molar-refractivity contribution >= 4 is 17.0 Å². The fourth-order valence-corrected chi connectivity index (χ4v) is 3.19. The zero-order valence-electron chi connectivity index (χ0n) is 16.1. The number of nitrogens with one attached hydrogen (secondary N) is 2. The van der Waals surface area contributed by atoms with Crippen molar-refractivity contribution in [1.29, 1.82) is 0 Å². The fraction of sp³-hybridized carbons (Fsp3) is 0.190. The Kier molecular flexibility index (Phi) is 4.90. The van der Waals surface area contributed by atoms with Crippen molar-refractivity contribution in [3.63, 3.8) is 0 Å². The van der Waals surface area contributed by atoms with E-state index < -0.39 is 11.1 Å². The third-order valence-electron chi connectivity index (χ3n) is 4.79. The van der Waals surface area contributed by atoms with Gasteiger partial charge in [0.15, 0.2) is 5.52 Å². The Morgan fingerprint density at radius 1 is 1.10 bits per heavy atom. The van der Waals surface area contributed by atoms with Crippen molar-refractivity contribution in [3.05, 3.63) is 92.5 Å². The van der Waals surface area contributed by atoms with Crippen molar-refractivity contribution < 1.29 is 0 Å². The van der Waals surface area contributed by atoms with Gasteiger partial charge in [-0.15, -0.1) is 0 Å². The van der Waals surface area contributed by atoms with Crippen molar-refractivity contribution in [2.75, 3.05) is 5.32 Å². The molecule has 4 aromatic rings. The van der Waals surface area contributed by atoms with Gasteiger partial charge in [-0.05, 0) is 31.0 Å². The molecule has 0 aliphatic rings. The number of imidazole rings is 1. The number of H-pyrrole nitrogens is 1. The Labute approximate surface area is 166 Å². The van der Waals surface area contributed by atoms with Crippen LogP contribution in [0.3, 0.4) is 0 Å². The molecule has 29 heavy (non-hydrogen) atoms. The van der Waals surface area contributed by atoms with Gasteiger partial charge in [0.2, 0.25) is 5.95 Å². The van der Waals surface area contributed by atoms with Crippen LogP contribution in [0.15, 0.2) is 64.6 Å². The molecule has 0 saturated heterocycles. The fourth-order valence-electron chi connectivity index (χ4n) is 3.19. The summed E-state index contributed by atoms with van der Waals surface area (Å²) in [6.45, 7) is 4.20. The van der Waals surface area contributed by atoms with Crippen LogP contribution in [-0.2, 0) is 6.54 Å². The summed E-state index contributed by atoms with van der Waals surface area (Å²) in [5, 5.41) is 3.09. The van der Waals surface area contributed by atoms with E-state index in [9.17, 15) is 9.59 Å². The average Bonchev–Trinajstić information content (AvgIpc) is 3.09. The first-order chi connectivity index (χ1) is 14.0. The van der Waals surface area contributed by atoms with Crippen LogP contribution in [0.4, 0.5) is 5.95 Å². The minimum absolute atomic E-state index is 0.0280. The summed E-state index contributed by atoms with van der Waals surface area (Å²) >= 11 is 0. The third kappa shape index (κ3) is 3.77. The van der Waals surface area contributed by atoms with Crippen LogP contribution in [-0.4, -0.2) is 24.5 Å². The first-order valence-corrected chi connectivity index (χ1v) is 9.24. The molecule has 1 atom stereocenters. The van der Waals surface area contributed by atoms with Gasteiger partial charge in [-0.25, -0.2) is 4.98 Å². The molecule has 0 unspecified atom stereocenters.